The average Bonchev–Trinajstić information content (AvgIpc) is 2.30. The van der Waals surface area contributed by atoms with Gasteiger partial charge in [-0.2, -0.15) is 0 Å². The second kappa shape index (κ2) is 4.55. The lowest BCUT2D eigenvalue weighted by Gasteiger charge is -2.63. The fraction of sp³-hybridized carbons (Fsp3) is 1.00. The fourth-order valence-corrected chi connectivity index (χ4v) is 4.90. The van der Waals surface area contributed by atoms with E-state index in [4.69, 9.17) is 0 Å². The van der Waals surface area contributed by atoms with Crippen molar-refractivity contribution in [3.8, 4) is 0 Å². The lowest BCUT2D eigenvalue weighted by molar-refractivity contribution is -0.154. The summed E-state index contributed by atoms with van der Waals surface area (Å²) < 4.78 is 0. The maximum absolute atomic E-state index is 9.79. The molecule has 2 heteroatoms. The van der Waals surface area contributed by atoms with Gasteiger partial charge in [0.15, 0.2) is 0 Å². The molecule has 3 aliphatic rings. The van der Waals surface area contributed by atoms with Gasteiger partial charge in [-0.3, -0.25) is 0 Å². The van der Waals surface area contributed by atoms with Crippen molar-refractivity contribution >= 4 is 0 Å². The van der Waals surface area contributed by atoms with E-state index in [1.165, 1.54) is 25.7 Å². The molecule has 0 saturated heterocycles. The molecule has 0 spiro atoms. The monoisotopic (exact) mass is 240 g/mol. The molecule has 17 heavy (non-hydrogen) atoms. The molecule has 0 radical (unpaired) electrons. The van der Waals surface area contributed by atoms with E-state index in [0.717, 1.165) is 6.42 Å². The van der Waals surface area contributed by atoms with Gasteiger partial charge in [0.2, 0.25) is 0 Å². The SMILES string of the molecule is CC(C)C12CCC(C)(CC1)C(CO)C2CCO. The molecule has 0 aromatic rings. The Balaban J connectivity index is 2.33. The molecule has 2 atom stereocenters. The highest BCUT2D eigenvalue weighted by Crippen LogP contribution is 2.65. The Bertz CT molecular complexity index is 264. The Morgan fingerprint density at radius 2 is 1.65 bits per heavy atom. The van der Waals surface area contributed by atoms with E-state index in [-0.39, 0.29) is 6.61 Å². The van der Waals surface area contributed by atoms with Gasteiger partial charge >= 0.3 is 0 Å². The molecule has 0 heterocycles. The molecular weight excluding hydrogens is 212 g/mol. The molecule has 3 rings (SSSR count). The summed E-state index contributed by atoms with van der Waals surface area (Å²) >= 11 is 0. The summed E-state index contributed by atoms with van der Waals surface area (Å²) in [6.45, 7) is 7.57. The highest BCUT2D eigenvalue weighted by molar-refractivity contribution is 5.07. The number of aliphatic hydroxyl groups is 2. The van der Waals surface area contributed by atoms with Crippen molar-refractivity contribution in [3.05, 3.63) is 0 Å². The molecule has 3 fully saturated rings. The predicted molar refractivity (Wildman–Crippen MR) is 69.6 cm³/mol. The molecule has 2 nitrogen and oxygen atoms in total. The largest absolute Gasteiger partial charge is 0.396 e. The van der Waals surface area contributed by atoms with Crippen molar-refractivity contribution in [2.24, 2.45) is 28.6 Å². The van der Waals surface area contributed by atoms with Gasteiger partial charge in [0.1, 0.15) is 0 Å². The third-order valence-corrected chi connectivity index (χ3v) is 6.23. The second-order valence-corrected chi connectivity index (χ2v) is 6.95. The summed E-state index contributed by atoms with van der Waals surface area (Å²) in [6, 6.07) is 0. The highest BCUT2D eigenvalue weighted by atomic mass is 16.3. The Labute approximate surface area is 105 Å². The zero-order valence-electron chi connectivity index (χ0n) is 11.6. The van der Waals surface area contributed by atoms with Gasteiger partial charge in [-0.25, -0.2) is 0 Å². The molecule has 2 unspecified atom stereocenters. The number of rotatable bonds is 4. The van der Waals surface area contributed by atoms with Crippen LogP contribution in [-0.2, 0) is 0 Å². The Hall–Kier alpha value is -0.0800. The van der Waals surface area contributed by atoms with Crippen LogP contribution in [0.1, 0.15) is 52.9 Å². The Kier molecular flexibility index (Phi) is 3.57. The first-order valence-corrected chi connectivity index (χ1v) is 7.22. The first-order valence-electron chi connectivity index (χ1n) is 7.22. The van der Waals surface area contributed by atoms with Crippen molar-refractivity contribution < 1.29 is 10.2 Å². The maximum atomic E-state index is 9.79. The lowest BCUT2D eigenvalue weighted by Crippen LogP contribution is -2.56. The summed E-state index contributed by atoms with van der Waals surface area (Å²) in [5.74, 6) is 1.59. The van der Waals surface area contributed by atoms with E-state index in [1.54, 1.807) is 0 Å². The van der Waals surface area contributed by atoms with Crippen LogP contribution in [0.4, 0.5) is 0 Å². The molecule has 3 saturated carbocycles. The Morgan fingerprint density at radius 3 is 2.06 bits per heavy atom. The highest BCUT2D eigenvalue weighted by Gasteiger charge is 2.58. The third-order valence-electron chi connectivity index (χ3n) is 6.23. The van der Waals surface area contributed by atoms with E-state index in [0.29, 0.717) is 35.2 Å². The zero-order chi connectivity index (χ0) is 12.7. The molecule has 2 N–H and O–H groups in total. The van der Waals surface area contributed by atoms with Gasteiger partial charge in [0.05, 0.1) is 0 Å². The van der Waals surface area contributed by atoms with E-state index in [9.17, 15) is 10.2 Å². The zero-order valence-corrected chi connectivity index (χ0v) is 11.6. The van der Waals surface area contributed by atoms with Crippen LogP contribution in [-0.4, -0.2) is 23.4 Å². The molecule has 100 valence electrons. The lowest BCUT2D eigenvalue weighted by atomic mass is 9.42. The van der Waals surface area contributed by atoms with Crippen LogP contribution in [0.3, 0.4) is 0 Å². The summed E-state index contributed by atoms with van der Waals surface area (Å²) in [5.41, 5.74) is 0.707. The van der Waals surface area contributed by atoms with Gasteiger partial charge < -0.3 is 10.2 Å². The minimum Gasteiger partial charge on any atom is -0.396 e. The van der Waals surface area contributed by atoms with Crippen molar-refractivity contribution in [1.82, 2.24) is 0 Å². The average molecular weight is 240 g/mol. The summed E-state index contributed by atoms with van der Waals surface area (Å²) in [5, 5.41) is 19.1. The predicted octanol–water partition coefficient (Wildman–Crippen LogP) is 2.83. The number of hydrogen-bond acceptors (Lipinski definition) is 2. The molecule has 0 amide bonds. The van der Waals surface area contributed by atoms with E-state index >= 15 is 0 Å². The second-order valence-electron chi connectivity index (χ2n) is 6.95. The van der Waals surface area contributed by atoms with Gasteiger partial charge in [-0.15, -0.1) is 0 Å². The standard InChI is InChI=1S/C15H28O2/c1-11(2)15-7-5-14(3,6-8-15)13(10-17)12(15)4-9-16/h11-13,16-17H,4-10H2,1-3H3. The summed E-state index contributed by atoms with van der Waals surface area (Å²) in [7, 11) is 0. The number of aliphatic hydroxyl groups excluding tert-OH is 2. The van der Waals surface area contributed by atoms with Crippen molar-refractivity contribution in [3.63, 3.8) is 0 Å². The molecular formula is C15H28O2. The molecule has 3 aliphatic carbocycles. The normalized spacial score (nSPS) is 45.5. The van der Waals surface area contributed by atoms with Crippen molar-refractivity contribution in [2.75, 3.05) is 13.2 Å². The van der Waals surface area contributed by atoms with Crippen LogP contribution in [0.15, 0.2) is 0 Å². The molecule has 0 aliphatic heterocycles. The van der Waals surface area contributed by atoms with Crippen LogP contribution < -0.4 is 0 Å². The van der Waals surface area contributed by atoms with Crippen LogP contribution in [0, 0.1) is 28.6 Å². The van der Waals surface area contributed by atoms with E-state index < -0.39 is 0 Å². The minimum absolute atomic E-state index is 0.270. The third kappa shape index (κ3) is 1.84. The van der Waals surface area contributed by atoms with Crippen LogP contribution in [0.2, 0.25) is 0 Å². The Morgan fingerprint density at radius 1 is 1.06 bits per heavy atom. The van der Waals surface area contributed by atoms with Gasteiger partial charge in [-0.1, -0.05) is 20.8 Å². The van der Waals surface area contributed by atoms with Gasteiger partial charge in [-0.05, 0) is 60.7 Å². The van der Waals surface area contributed by atoms with E-state index in [1.807, 2.05) is 0 Å². The van der Waals surface area contributed by atoms with Crippen LogP contribution in [0.25, 0.3) is 0 Å². The molecule has 0 aromatic carbocycles. The van der Waals surface area contributed by atoms with Gasteiger partial charge in [0.25, 0.3) is 0 Å². The summed E-state index contributed by atoms with van der Waals surface area (Å²) in [6.07, 6.45) is 5.99. The van der Waals surface area contributed by atoms with Gasteiger partial charge in [0, 0.05) is 13.2 Å². The first-order chi connectivity index (χ1) is 8.00. The molecule has 2 bridgehead atoms. The number of hydrogen-bond donors (Lipinski definition) is 2. The summed E-state index contributed by atoms with van der Waals surface area (Å²) in [4.78, 5) is 0. The van der Waals surface area contributed by atoms with Crippen molar-refractivity contribution in [2.45, 2.75) is 52.9 Å². The fourth-order valence-electron chi connectivity index (χ4n) is 4.90. The van der Waals surface area contributed by atoms with E-state index in [2.05, 4.69) is 20.8 Å². The van der Waals surface area contributed by atoms with Crippen molar-refractivity contribution in [1.29, 1.82) is 0 Å². The van der Waals surface area contributed by atoms with Crippen LogP contribution >= 0.6 is 0 Å². The number of fused-ring (bicyclic) bond motifs is 3. The maximum Gasteiger partial charge on any atom is 0.0467 e. The van der Waals surface area contributed by atoms with Crippen LogP contribution in [0.5, 0.6) is 0 Å². The molecule has 0 aromatic heterocycles. The smallest absolute Gasteiger partial charge is 0.0467 e. The topological polar surface area (TPSA) is 40.5 Å². The quantitative estimate of drug-likeness (QED) is 0.793. The first kappa shape index (κ1) is 13.4. The minimum atomic E-state index is 0.270.